The Labute approximate surface area is 84.0 Å². The molecule has 0 fully saturated rings. The van der Waals surface area contributed by atoms with Gasteiger partial charge < -0.3 is 0 Å². The van der Waals surface area contributed by atoms with Crippen LogP contribution in [0.5, 0.6) is 0 Å². The van der Waals surface area contributed by atoms with E-state index in [1.54, 1.807) is 0 Å². The van der Waals surface area contributed by atoms with Crippen LogP contribution in [-0.2, 0) is 0 Å². The molecule has 0 saturated heterocycles. The van der Waals surface area contributed by atoms with Gasteiger partial charge in [0.1, 0.15) is 0 Å². The third-order valence-electron chi connectivity index (χ3n) is 1.57. The molecule has 0 bridgehead atoms. The van der Waals surface area contributed by atoms with Gasteiger partial charge in [0.05, 0.1) is 0 Å². The number of hydrogen-bond acceptors (Lipinski definition) is 5. The van der Waals surface area contributed by atoms with Crippen molar-refractivity contribution in [2.45, 2.75) is 0 Å². The van der Waals surface area contributed by atoms with E-state index in [1.807, 2.05) is 0 Å². The zero-order valence-corrected chi connectivity index (χ0v) is 7.56. The number of nitro groups is 2. The van der Waals surface area contributed by atoms with Crippen LogP contribution in [-0.4, -0.2) is 16.0 Å². The van der Waals surface area contributed by atoms with E-state index in [1.165, 1.54) is 18.2 Å². The molecule has 0 aliphatic heterocycles. The molecule has 1 rings (SSSR count). The van der Waals surface area contributed by atoms with Crippen LogP contribution in [0.3, 0.4) is 0 Å². The zero-order valence-electron chi connectivity index (χ0n) is 6.75. The fraction of sp³-hybridized carbons (Fsp3) is 0. The predicted octanol–water partition coefficient (Wildman–Crippen LogP) is 0.945. The number of rotatable bonds is 3. The van der Waals surface area contributed by atoms with Gasteiger partial charge in [-0.05, 0) is 0 Å². The topological polar surface area (TPSA) is 86.3 Å². The fourth-order valence-corrected chi connectivity index (χ4v) is 1.22. The molecule has 0 aliphatic carbocycles. The molecule has 8 heteroatoms. The van der Waals surface area contributed by atoms with Crippen molar-refractivity contribution in [1.29, 1.82) is 0 Å². The summed E-state index contributed by atoms with van der Waals surface area (Å²) in [5, 5.41) is 20.9. The third kappa shape index (κ3) is 1.79. The molecule has 0 spiro atoms. The van der Waals surface area contributed by atoms with Crippen LogP contribution in [0.4, 0.5) is 11.4 Å². The van der Waals surface area contributed by atoms with Crippen molar-refractivity contribution in [3.05, 3.63) is 38.4 Å². The molecule has 0 unspecified atom stereocenters. The second-order valence-corrected chi connectivity index (χ2v) is 2.58. The Hall–Kier alpha value is -1.70. The Kier molecular flexibility index (Phi) is 2.97. The third-order valence-corrected chi connectivity index (χ3v) is 1.81. The molecule has 0 saturated carbocycles. The summed E-state index contributed by atoms with van der Waals surface area (Å²) < 4.78 is 0. The summed E-state index contributed by atoms with van der Waals surface area (Å²) >= 11 is 4.50. The van der Waals surface area contributed by atoms with Crippen LogP contribution in [0, 0.1) is 20.2 Å². The minimum atomic E-state index is -0.703. The van der Waals surface area contributed by atoms with Crippen LogP contribution in [0.1, 0.15) is 0 Å². The first kappa shape index (κ1) is 10.4. The van der Waals surface area contributed by atoms with Gasteiger partial charge in [0.2, 0.25) is 0 Å². The van der Waals surface area contributed by atoms with E-state index in [0.717, 1.165) is 6.15 Å². The standard InChI is InChI=1S/C6H3BN2O4S/c10-8(11)4-2-1-3-5(9(12)13)6(4)7-14/h1-3H. The van der Waals surface area contributed by atoms with Crippen LogP contribution < -0.4 is 5.46 Å². The maximum absolute atomic E-state index is 10.5. The zero-order chi connectivity index (χ0) is 10.7. The first-order chi connectivity index (χ1) is 6.57. The average Bonchev–Trinajstić information content (AvgIpc) is 2.16. The van der Waals surface area contributed by atoms with Crippen LogP contribution >= 0.6 is 12.1 Å². The van der Waals surface area contributed by atoms with Crippen LogP contribution in [0.15, 0.2) is 18.2 Å². The summed E-state index contributed by atoms with van der Waals surface area (Å²) in [5.74, 6) is 0. The first-order valence-corrected chi connectivity index (χ1v) is 3.92. The van der Waals surface area contributed by atoms with Crippen molar-refractivity contribution in [3.8, 4) is 0 Å². The predicted molar refractivity (Wildman–Crippen MR) is 52.7 cm³/mol. The monoisotopic (exact) mass is 210 g/mol. The Bertz CT molecular complexity index is 390. The van der Waals surface area contributed by atoms with E-state index >= 15 is 0 Å². The summed E-state index contributed by atoms with van der Waals surface area (Å²) in [6.45, 7) is 0. The van der Waals surface area contributed by atoms with Gasteiger partial charge in [0.25, 0.3) is 0 Å². The molecular formula is C6H3BN2O4S. The molecule has 0 amide bonds. The summed E-state index contributed by atoms with van der Waals surface area (Å²) in [5.41, 5.74) is -0.846. The van der Waals surface area contributed by atoms with Gasteiger partial charge in [-0.15, -0.1) is 0 Å². The SMILES string of the molecule is O=[N+]([O-])c1cccc([N+](=O)[O-])c1B=S. The molecule has 1 aromatic rings. The van der Waals surface area contributed by atoms with E-state index in [4.69, 9.17) is 0 Å². The van der Waals surface area contributed by atoms with Gasteiger partial charge in [-0.1, -0.05) is 0 Å². The van der Waals surface area contributed by atoms with Crippen molar-refractivity contribution in [1.82, 2.24) is 0 Å². The van der Waals surface area contributed by atoms with Crippen LogP contribution in [0.2, 0.25) is 0 Å². The van der Waals surface area contributed by atoms with Gasteiger partial charge >= 0.3 is 83.3 Å². The molecule has 0 N–H and O–H groups in total. The number of nitro benzene ring substituents is 2. The summed E-state index contributed by atoms with van der Waals surface area (Å²) in [6.07, 6.45) is 0.941. The van der Waals surface area contributed by atoms with Crippen LogP contribution in [0.25, 0.3) is 0 Å². The Morgan fingerprint density at radius 2 is 1.57 bits per heavy atom. The van der Waals surface area contributed by atoms with E-state index in [-0.39, 0.29) is 16.8 Å². The van der Waals surface area contributed by atoms with E-state index in [0.29, 0.717) is 0 Å². The van der Waals surface area contributed by atoms with Gasteiger partial charge in [0, 0.05) is 0 Å². The second-order valence-electron chi connectivity index (χ2n) is 2.34. The minimum absolute atomic E-state index is 0.141. The van der Waals surface area contributed by atoms with Gasteiger partial charge in [0.15, 0.2) is 0 Å². The van der Waals surface area contributed by atoms with Crippen molar-refractivity contribution in [2.75, 3.05) is 0 Å². The summed E-state index contributed by atoms with van der Waals surface area (Å²) in [7, 11) is 0. The fourth-order valence-electron chi connectivity index (χ4n) is 0.980. The normalized spacial score (nSPS) is 9.14. The van der Waals surface area contributed by atoms with Crippen molar-refractivity contribution < 1.29 is 9.85 Å². The van der Waals surface area contributed by atoms with Gasteiger partial charge in [-0.25, -0.2) is 0 Å². The molecule has 0 heterocycles. The molecule has 70 valence electrons. The van der Waals surface area contributed by atoms with Crippen molar-refractivity contribution >= 4 is 35.0 Å². The molecule has 6 nitrogen and oxygen atoms in total. The molecule has 0 radical (unpaired) electrons. The van der Waals surface area contributed by atoms with Crippen molar-refractivity contribution in [2.24, 2.45) is 0 Å². The van der Waals surface area contributed by atoms with E-state index < -0.39 is 9.85 Å². The molecule has 0 aliphatic rings. The number of nitrogens with zero attached hydrogens (tertiary/aromatic N) is 2. The quantitative estimate of drug-likeness (QED) is 0.421. The van der Waals surface area contributed by atoms with E-state index in [9.17, 15) is 20.2 Å². The number of benzene rings is 1. The molecule has 0 atom stereocenters. The Balaban J connectivity index is 3.47. The van der Waals surface area contributed by atoms with E-state index in [2.05, 4.69) is 12.1 Å². The summed E-state index contributed by atoms with van der Waals surface area (Å²) in [6, 6.07) is 3.59. The molecule has 0 aromatic heterocycles. The molecular weight excluding hydrogens is 207 g/mol. The Morgan fingerprint density at radius 3 is 1.86 bits per heavy atom. The average molecular weight is 210 g/mol. The van der Waals surface area contributed by atoms with Gasteiger partial charge in [-0.3, -0.25) is 0 Å². The Morgan fingerprint density at radius 1 is 1.14 bits per heavy atom. The molecule has 1 aromatic carbocycles. The molecule has 14 heavy (non-hydrogen) atoms. The maximum atomic E-state index is 10.5. The van der Waals surface area contributed by atoms with Crippen molar-refractivity contribution in [3.63, 3.8) is 0 Å². The summed E-state index contributed by atoms with van der Waals surface area (Å²) in [4.78, 5) is 19.5. The van der Waals surface area contributed by atoms with Gasteiger partial charge in [-0.2, -0.15) is 0 Å². The first-order valence-electron chi connectivity index (χ1n) is 3.45. The number of hydrogen-bond donors (Lipinski definition) is 0. The second kappa shape index (κ2) is 4.01.